The van der Waals surface area contributed by atoms with E-state index < -0.39 is 0 Å². The summed E-state index contributed by atoms with van der Waals surface area (Å²) in [6, 6.07) is 13.5. The first-order valence-corrected chi connectivity index (χ1v) is 12.8. The second kappa shape index (κ2) is 10.6. The Kier molecular flexibility index (Phi) is 7.53. The number of thioether (sulfide) groups is 2. The van der Waals surface area contributed by atoms with Crippen LogP contribution in [0, 0.1) is 0 Å². The minimum Gasteiger partial charge on any atom is -0.493 e. The predicted molar refractivity (Wildman–Crippen MR) is 135 cm³/mol. The Morgan fingerprint density at radius 3 is 2.41 bits per heavy atom. The highest BCUT2D eigenvalue weighted by Crippen LogP contribution is 2.39. The van der Waals surface area contributed by atoms with Gasteiger partial charge in [0.25, 0.3) is 11.1 Å². The summed E-state index contributed by atoms with van der Waals surface area (Å²) >= 11 is 2.47. The normalized spacial score (nSPS) is 19.4. The molecule has 4 rings (SSSR count). The Labute approximate surface area is 207 Å². The van der Waals surface area contributed by atoms with Gasteiger partial charge in [-0.25, -0.2) is 0 Å². The van der Waals surface area contributed by atoms with Crippen molar-refractivity contribution in [3.05, 3.63) is 64.1 Å². The van der Waals surface area contributed by atoms with Crippen molar-refractivity contribution in [3.8, 4) is 11.5 Å². The molecule has 1 unspecified atom stereocenters. The summed E-state index contributed by atoms with van der Waals surface area (Å²) in [4.78, 5) is 41.4. The zero-order chi connectivity index (χ0) is 24.2. The van der Waals surface area contributed by atoms with Gasteiger partial charge >= 0.3 is 0 Å². The molecule has 0 spiro atoms. The molecule has 3 amide bonds. The summed E-state index contributed by atoms with van der Waals surface area (Å²) in [6.45, 7) is 2.56. The molecule has 178 valence electrons. The van der Waals surface area contributed by atoms with Crippen LogP contribution in [-0.2, 0) is 16.0 Å². The Morgan fingerprint density at radius 1 is 1.00 bits per heavy atom. The SMILES string of the molecule is CCc1ccc(C2SCC(=O)N2CCN2C(=O)S/C(=C\c3ccc(OC)c(OC)c3)C2=O)cc1. The Balaban J connectivity index is 1.45. The zero-order valence-electron chi connectivity index (χ0n) is 19.3. The van der Waals surface area contributed by atoms with Crippen LogP contribution in [0.5, 0.6) is 11.5 Å². The molecule has 2 aliphatic heterocycles. The number of rotatable bonds is 8. The third-order valence-electron chi connectivity index (χ3n) is 5.78. The Hall–Kier alpha value is -2.91. The van der Waals surface area contributed by atoms with Crippen molar-refractivity contribution in [2.75, 3.05) is 33.1 Å². The minimum absolute atomic E-state index is 0.0161. The number of imide groups is 1. The maximum absolute atomic E-state index is 13.0. The van der Waals surface area contributed by atoms with E-state index in [1.54, 1.807) is 55.2 Å². The van der Waals surface area contributed by atoms with Gasteiger partial charge in [-0.3, -0.25) is 19.3 Å². The highest BCUT2D eigenvalue weighted by Gasteiger charge is 2.38. The van der Waals surface area contributed by atoms with Crippen molar-refractivity contribution >= 4 is 46.7 Å². The molecule has 9 heteroatoms. The fraction of sp³-hybridized carbons (Fsp3) is 0.320. The van der Waals surface area contributed by atoms with Crippen molar-refractivity contribution in [3.63, 3.8) is 0 Å². The molecule has 0 N–H and O–H groups in total. The van der Waals surface area contributed by atoms with E-state index in [1.165, 1.54) is 10.5 Å². The number of hydrogen-bond donors (Lipinski definition) is 0. The van der Waals surface area contributed by atoms with E-state index >= 15 is 0 Å². The van der Waals surface area contributed by atoms with Crippen molar-refractivity contribution in [1.82, 2.24) is 9.80 Å². The van der Waals surface area contributed by atoms with E-state index in [4.69, 9.17) is 9.47 Å². The highest BCUT2D eigenvalue weighted by molar-refractivity contribution is 8.18. The lowest BCUT2D eigenvalue weighted by Crippen LogP contribution is -2.39. The highest BCUT2D eigenvalue weighted by atomic mass is 32.2. The lowest BCUT2D eigenvalue weighted by Gasteiger charge is -2.26. The summed E-state index contributed by atoms with van der Waals surface area (Å²) < 4.78 is 10.6. The summed E-state index contributed by atoms with van der Waals surface area (Å²) in [6.07, 6.45) is 2.62. The monoisotopic (exact) mass is 498 g/mol. The van der Waals surface area contributed by atoms with Crippen molar-refractivity contribution in [2.45, 2.75) is 18.7 Å². The molecule has 1 atom stereocenters. The van der Waals surface area contributed by atoms with Gasteiger partial charge in [0.2, 0.25) is 5.91 Å². The number of carbonyl (C=O) groups excluding carboxylic acids is 3. The minimum atomic E-state index is -0.354. The van der Waals surface area contributed by atoms with Gasteiger partial charge in [0.1, 0.15) is 5.37 Å². The molecule has 2 aromatic carbocycles. The van der Waals surface area contributed by atoms with Crippen LogP contribution in [0.1, 0.15) is 29.0 Å². The largest absolute Gasteiger partial charge is 0.493 e. The second-order valence-electron chi connectivity index (χ2n) is 7.79. The number of benzene rings is 2. The number of hydrogen-bond acceptors (Lipinski definition) is 7. The van der Waals surface area contributed by atoms with E-state index in [2.05, 4.69) is 19.1 Å². The number of ether oxygens (including phenoxy) is 2. The summed E-state index contributed by atoms with van der Waals surface area (Å²) in [5.41, 5.74) is 3.02. The average Bonchev–Trinajstić information content (AvgIpc) is 3.35. The summed E-state index contributed by atoms with van der Waals surface area (Å²) in [5.74, 6) is 1.18. The molecule has 2 saturated heterocycles. The lowest BCUT2D eigenvalue weighted by molar-refractivity contribution is -0.129. The third-order valence-corrected chi connectivity index (χ3v) is 7.95. The van der Waals surface area contributed by atoms with Crippen LogP contribution in [0.25, 0.3) is 6.08 Å². The maximum Gasteiger partial charge on any atom is 0.293 e. The van der Waals surface area contributed by atoms with Gasteiger partial charge in [-0.2, -0.15) is 0 Å². The van der Waals surface area contributed by atoms with E-state index in [0.717, 1.165) is 29.3 Å². The van der Waals surface area contributed by atoms with E-state index in [9.17, 15) is 14.4 Å². The number of carbonyl (C=O) groups is 3. The van der Waals surface area contributed by atoms with Gasteiger partial charge < -0.3 is 14.4 Å². The molecule has 7 nitrogen and oxygen atoms in total. The molecule has 0 radical (unpaired) electrons. The van der Waals surface area contributed by atoms with E-state index in [-0.39, 0.29) is 29.0 Å². The van der Waals surface area contributed by atoms with E-state index in [1.807, 2.05) is 12.1 Å². The fourth-order valence-electron chi connectivity index (χ4n) is 3.88. The number of aryl methyl sites for hydroxylation is 1. The first kappa shape index (κ1) is 24.2. The van der Waals surface area contributed by atoms with Gasteiger partial charge in [0.15, 0.2) is 11.5 Å². The molecular formula is C25H26N2O5S2. The fourth-order valence-corrected chi connectivity index (χ4v) is 5.97. The molecular weight excluding hydrogens is 472 g/mol. The molecule has 2 aliphatic rings. The molecule has 0 bridgehead atoms. The number of nitrogens with zero attached hydrogens (tertiary/aromatic N) is 2. The van der Waals surface area contributed by atoms with Crippen LogP contribution in [0.15, 0.2) is 47.4 Å². The molecule has 0 aromatic heterocycles. The Morgan fingerprint density at radius 2 is 1.74 bits per heavy atom. The van der Waals surface area contributed by atoms with Crippen LogP contribution >= 0.6 is 23.5 Å². The topological polar surface area (TPSA) is 76.2 Å². The lowest BCUT2D eigenvalue weighted by atomic mass is 10.1. The van der Waals surface area contributed by atoms with E-state index in [0.29, 0.717) is 28.7 Å². The quantitative estimate of drug-likeness (QED) is 0.493. The standard InChI is InChI=1S/C25H26N2O5S2/c1-4-16-5-8-18(9-6-16)24-26(22(28)15-33-24)11-12-27-23(29)21(34-25(27)30)14-17-7-10-19(31-2)20(13-17)32-3/h5-10,13-14,24H,4,11-12,15H2,1-3H3/b21-14-. The summed E-state index contributed by atoms with van der Waals surface area (Å²) in [5, 5.41) is -0.444. The third kappa shape index (κ3) is 4.95. The second-order valence-corrected chi connectivity index (χ2v) is 9.86. The molecule has 2 heterocycles. The molecule has 2 aromatic rings. The van der Waals surface area contributed by atoms with Gasteiger partial charge in [0, 0.05) is 13.1 Å². The molecule has 2 fully saturated rings. The van der Waals surface area contributed by atoms with Crippen LogP contribution in [0.3, 0.4) is 0 Å². The van der Waals surface area contributed by atoms with Crippen molar-refractivity contribution in [1.29, 1.82) is 0 Å². The van der Waals surface area contributed by atoms with Crippen LogP contribution in [0.2, 0.25) is 0 Å². The first-order valence-electron chi connectivity index (χ1n) is 10.9. The van der Waals surface area contributed by atoms with Crippen molar-refractivity contribution in [2.24, 2.45) is 0 Å². The number of amides is 3. The zero-order valence-corrected chi connectivity index (χ0v) is 20.9. The van der Waals surface area contributed by atoms with Gasteiger partial charge in [-0.1, -0.05) is 37.3 Å². The molecule has 34 heavy (non-hydrogen) atoms. The van der Waals surface area contributed by atoms with Crippen LogP contribution in [0.4, 0.5) is 4.79 Å². The smallest absolute Gasteiger partial charge is 0.293 e. The van der Waals surface area contributed by atoms with Gasteiger partial charge in [-0.05, 0) is 53.1 Å². The van der Waals surface area contributed by atoms with Gasteiger partial charge in [-0.15, -0.1) is 11.8 Å². The van der Waals surface area contributed by atoms with Crippen LogP contribution < -0.4 is 9.47 Å². The molecule has 0 saturated carbocycles. The van der Waals surface area contributed by atoms with Crippen molar-refractivity contribution < 1.29 is 23.9 Å². The molecule has 0 aliphatic carbocycles. The average molecular weight is 499 g/mol. The van der Waals surface area contributed by atoms with Gasteiger partial charge in [0.05, 0.1) is 24.9 Å². The summed E-state index contributed by atoms with van der Waals surface area (Å²) in [7, 11) is 3.09. The predicted octanol–water partition coefficient (Wildman–Crippen LogP) is 4.58. The number of methoxy groups -OCH3 is 2. The Bertz CT molecular complexity index is 1130. The maximum atomic E-state index is 13.0. The van der Waals surface area contributed by atoms with Crippen LogP contribution in [-0.4, -0.2) is 59.9 Å². The first-order chi connectivity index (χ1) is 16.4.